The van der Waals surface area contributed by atoms with Gasteiger partial charge in [-0.05, 0) is 44.0 Å². The van der Waals surface area contributed by atoms with Crippen molar-refractivity contribution in [2.45, 2.75) is 25.8 Å². The maximum absolute atomic E-state index is 11.8. The lowest BCUT2D eigenvalue weighted by Gasteiger charge is -2.11. The molecular weight excluding hydrogens is 280 g/mol. The van der Waals surface area contributed by atoms with E-state index in [9.17, 15) is 4.79 Å². The number of rotatable bonds is 6. The molecule has 0 unspecified atom stereocenters. The van der Waals surface area contributed by atoms with Gasteiger partial charge in [0.25, 0.3) is 5.91 Å². The van der Waals surface area contributed by atoms with E-state index >= 15 is 0 Å². The van der Waals surface area contributed by atoms with E-state index in [1.165, 1.54) is 0 Å². The molecule has 0 saturated heterocycles. The molecule has 0 radical (unpaired) electrons. The number of aromatic nitrogens is 2. The normalized spacial score (nSPS) is 13.5. The van der Waals surface area contributed by atoms with Gasteiger partial charge < -0.3 is 15.4 Å². The number of nitrogens with one attached hydrogen (secondary N) is 2. The van der Waals surface area contributed by atoms with Gasteiger partial charge in [0.15, 0.2) is 11.5 Å². The molecule has 2 aromatic rings. The first-order valence-electron chi connectivity index (χ1n) is 7.39. The minimum absolute atomic E-state index is 0.170. The summed E-state index contributed by atoms with van der Waals surface area (Å²) in [5, 5.41) is 14.0. The average Bonchev–Trinajstić information content (AvgIpc) is 3.34. The first-order chi connectivity index (χ1) is 10.8. The van der Waals surface area contributed by atoms with Crippen LogP contribution in [0.5, 0.6) is 5.75 Å². The van der Waals surface area contributed by atoms with E-state index in [2.05, 4.69) is 20.8 Å². The molecule has 3 rings (SSSR count). The van der Waals surface area contributed by atoms with E-state index < -0.39 is 0 Å². The Morgan fingerprint density at radius 3 is 2.73 bits per heavy atom. The van der Waals surface area contributed by atoms with Crippen molar-refractivity contribution in [2.24, 2.45) is 0 Å². The Bertz CT molecular complexity index is 653. The molecule has 1 saturated carbocycles. The highest BCUT2D eigenvalue weighted by molar-refractivity contribution is 5.92. The van der Waals surface area contributed by atoms with Crippen LogP contribution in [0.3, 0.4) is 0 Å². The number of carbonyl (C=O) groups excluding carboxylic acids is 1. The van der Waals surface area contributed by atoms with Crippen LogP contribution in [-0.4, -0.2) is 28.8 Å². The maximum atomic E-state index is 11.8. The van der Waals surface area contributed by atoms with Gasteiger partial charge in [0, 0.05) is 6.04 Å². The average molecular weight is 298 g/mol. The fourth-order valence-electron chi connectivity index (χ4n) is 2.00. The zero-order valence-corrected chi connectivity index (χ0v) is 12.4. The fourth-order valence-corrected chi connectivity index (χ4v) is 2.00. The van der Waals surface area contributed by atoms with Crippen molar-refractivity contribution in [2.75, 3.05) is 11.9 Å². The smallest absolute Gasteiger partial charge is 0.272 e. The Hall–Kier alpha value is -2.63. The molecule has 0 aliphatic heterocycles. The van der Waals surface area contributed by atoms with Crippen molar-refractivity contribution in [3.8, 4) is 5.75 Å². The third kappa shape index (κ3) is 3.52. The molecule has 1 fully saturated rings. The molecule has 6 heteroatoms. The topological polar surface area (TPSA) is 76.1 Å². The number of hydrogen-bond donors (Lipinski definition) is 2. The minimum atomic E-state index is -0.170. The molecule has 1 aliphatic carbocycles. The molecule has 6 nitrogen and oxygen atoms in total. The predicted octanol–water partition coefficient (Wildman–Crippen LogP) is 2.51. The van der Waals surface area contributed by atoms with E-state index in [1.807, 2.05) is 31.2 Å². The van der Waals surface area contributed by atoms with E-state index in [4.69, 9.17) is 4.74 Å². The minimum Gasteiger partial charge on any atom is -0.492 e. The fraction of sp³-hybridized carbons (Fsp3) is 0.312. The SMILES string of the molecule is CCOc1ccccc1Nc1ccc(C(=O)NC2CC2)nn1. The highest BCUT2D eigenvalue weighted by Gasteiger charge is 2.24. The number of hydrogen-bond acceptors (Lipinski definition) is 5. The molecule has 114 valence electrons. The van der Waals surface area contributed by atoms with Gasteiger partial charge in [-0.3, -0.25) is 4.79 Å². The summed E-state index contributed by atoms with van der Waals surface area (Å²) in [6.07, 6.45) is 2.10. The zero-order chi connectivity index (χ0) is 15.4. The molecule has 0 atom stereocenters. The largest absolute Gasteiger partial charge is 0.492 e. The first kappa shape index (κ1) is 14.3. The number of benzene rings is 1. The molecule has 1 amide bonds. The van der Waals surface area contributed by atoms with E-state index in [0.717, 1.165) is 24.3 Å². The van der Waals surface area contributed by atoms with Crippen LogP contribution >= 0.6 is 0 Å². The number of amides is 1. The number of carbonyl (C=O) groups is 1. The molecule has 1 aromatic carbocycles. The van der Waals surface area contributed by atoms with Gasteiger partial charge in [-0.1, -0.05) is 12.1 Å². The molecule has 0 bridgehead atoms. The summed E-state index contributed by atoms with van der Waals surface area (Å²) in [4.78, 5) is 11.8. The summed E-state index contributed by atoms with van der Waals surface area (Å²) in [5.41, 5.74) is 1.14. The van der Waals surface area contributed by atoms with Gasteiger partial charge in [-0.15, -0.1) is 10.2 Å². The summed E-state index contributed by atoms with van der Waals surface area (Å²) in [6.45, 7) is 2.52. The lowest BCUT2D eigenvalue weighted by molar-refractivity contribution is 0.0945. The molecular formula is C16H18N4O2. The van der Waals surface area contributed by atoms with Crippen LogP contribution in [0.2, 0.25) is 0 Å². The molecule has 22 heavy (non-hydrogen) atoms. The maximum Gasteiger partial charge on any atom is 0.272 e. The molecule has 2 N–H and O–H groups in total. The highest BCUT2D eigenvalue weighted by atomic mass is 16.5. The lowest BCUT2D eigenvalue weighted by atomic mass is 10.3. The molecule has 1 aromatic heterocycles. The van der Waals surface area contributed by atoms with Crippen molar-refractivity contribution in [3.63, 3.8) is 0 Å². The van der Waals surface area contributed by atoms with Gasteiger partial charge in [0.2, 0.25) is 0 Å². The van der Waals surface area contributed by atoms with Gasteiger partial charge in [0.1, 0.15) is 5.75 Å². The van der Waals surface area contributed by atoms with E-state index in [1.54, 1.807) is 12.1 Å². The van der Waals surface area contributed by atoms with Crippen LogP contribution < -0.4 is 15.4 Å². The second-order valence-electron chi connectivity index (χ2n) is 5.11. The summed E-state index contributed by atoms with van der Waals surface area (Å²) in [5.74, 6) is 1.15. The molecule has 1 aliphatic rings. The number of anilines is 2. The third-order valence-electron chi connectivity index (χ3n) is 3.26. The van der Waals surface area contributed by atoms with Crippen molar-refractivity contribution >= 4 is 17.4 Å². The van der Waals surface area contributed by atoms with Crippen LogP contribution in [-0.2, 0) is 0 Å². The Balaban J connectivity index is 1.69. The Kier molecular flexibility index (Phi) is 4.18. The highest BCUT2D eigenvalue weighted by Crippen LogP contribution is 2.26. The monoisotopic (exact) mass is 298 g/mol. The summed E-state index contributed by atoms with van der Waals surface area (Å²) < 4.78 is 5.55. The van der Waals surface area contributed by atoms with E-state index in [-0.39, 0.29) is 5.91 Å². The lowest BCUT2D eigenvalue weighted by Crippen LogP contribution is -2.26. The second-order valence-corrected chi connectivity index (χ2v) is 5.11. The Morgan fingerprint density at radius 1 is 1.23 bits per heavy atom. The Labute approximate surface area is 128 Å². The van der Waals surface area contributed by atoms with Crippen molar-refractivity contribution < 1.29 is 9.53 Å². The summed E-state index contributed by atoms with van der Waals surface area (Å²) >= 11 is 0. The predicted molar refractivity (Wildman–Crippen MR) is 83.4 cm³/mol. The van der Waals surface area contributed by atoms with Crippen LogP contribution in [0, 0.1) is 0 Å². The van der Waals surface area contributed by atoms with Crippen LogP contribution in [0.15, 0.2) is 36.4 Å². The van der Waals surface area contributed by atoms with Crippen LogP contribution in [0.25, 0.3) is 0 Å². The van der Waals surface area contributed by atoms with Crippen LogP contribution in [0.1, 0.15) is 30.3 Å². The molecule has 1 heterocycles. The van der Waals surface area contributed by atoms with Crippen molar-refractivity contribution in [1.82, 2.24) is 15.5 Å². The zero-order valence-electron chi connectivity index (χ0n) is 12.4. The van der Waals surface area contributed by atoms with Crippen molar-refractivity contribution in [1.29, 1.82) is 0 Å². The third-order valence-corrected chi connectivity index (χ3v) is 3.26. The van der Waals surface area contributed by atoms with Crippen molar-refractivity contribution in [3.05, 3.63) is 42.1 Å². The molecule has 0 spiro atoms. The quantitative estimate of drug-likeness (QED) is 0.857. The van der Waals surface area contributed by atoms with E-state index in [0.29, 0.717) is 24.2 Å². The van der Waals surface area contributed by atoms with Gasteiger partial charge >= 0.3 is 0 Å². The standard InChI is InChI=1S/C16H18N4O2/c1-2-22-14-6-4-3-5-12(14)18-15-10-9-13(19-20-15)16(21)17-11-7-8-11/h3-6,9-11H,2,7-8H2,1H3,(H,17,21)(H,18,20). The van der Waals surface area contributed by atoms with Gasteiger partial charge in [0.05, 0.1) is 12.3 Å². The van der Waals surface area contributed by atoms with Gasteiger partial charge in [-0.25, -0.2) is 0 Å². The number of nitrogens with zero attached hydrogens (tertiary/aromatic N) is 2. The second kappa shape index (κ2) is 6.43. The summed E-state index contributed by atoms with van der Waals surface area (Å²) in [6, 6.07) is 11.3. The summed E-state index contributed by atoms with van der Waals surface area (Å²) in [7, 11) is 0. The van der Waals surface area contributed by atoms with Crippen LogP contribution in [0.4, 0.5) is 11.5 Å². The number of para-hydroxylation sites is 2. The number of ether oxygens (including phenoxy) is 1. The Morgan fingerprint density at radius 2 is 2.05 bits per heavy atom. The van der Waals surface area contributed by atoms with Gasteiger partial charge in [-0.2, -0.15) is 0 Å². The first-order valence-corrected chi connectivity index (χ1v) is 7.39.